The van der Waals surface area contributed by atoms with Crippen LogP contribution in [0.25, 0.3) is 0 Å². The lowest BCUT2D eigenvalue weighted by molar-refractivity contribution is 0.531. The molecule has 1 aromatic rings. The molecule has 1 aliphatic rings. The van der Waals surface area contributed by atoms with E-state index in [1.54, 1.807) is 11.8 Å². The van der Waals surface area contributed by atoms with Crippen LogP contribution in [0.2, 0.25) is 0 Å². The summed E-state index contributed by atoms with van der Waals surface area (Å²) in [6, 6.07) is 1.73. The second kappa shape index (κ2) is 5.64. The molecular weight excluding hydrogens is 294 g/mol. The van der Waals surface area contributed by atoms with Gasteiger partial charge in [0.1, 0.15) is 16.4 Å². The quantitative estimate of drug-likeness (QED) is 0.828. The number of thioether (sulfide) groups is 1. The Hall–Kier alpha value is -0.860. The van der Waals surface area contributed by atoms with E-state index in [1.165, 1.54) is 0 Å². The first-order valence-corrected chi connectivity index (χ1v) is 8.36. The van der Waals surface area contributed by atoms with Gasteiger partial charge in [0.2, 0.25) is 10.0 Å². The van der Waals surface area contributed by atoms with Crippen molar-refractivity contribution in [2.24, 2.45) is 5.92 Å². The minimum atomic E-state index is -4.00. The van der Waals surface area contributed by atoms with E-state index in [9.17, 15) is 17.2 Å². The summed E-state index contributed by atoms with van der Waals surface area (Å²) in [4.78, 5) is -0.614. The molecule has 0 aliphatic carbocycles. The van der Waals surface area contributed by atoms with E-state index < -0.39 is 32.2 Å². The monoisotopic (exact) mass is 308 g/mol. The van der Waals surface area contributed by atoms with Crippen molar-refractivity contribution >= 4 is 27.5 Å². The number of nitrogen functional groups attached to an aromatic ring is 1. The van der Waals surface area contributed by atoms with Gasteiger partial charge in [0.15, 0.2) is 5.82 Å². The fraction of sp³-hybridized carbons (Fsp3) is 0.455. The first kappa shape index (κ1) is 14.5. The third kappa shape index (κ3) is 3.18. The molecule has 0 spiro atoms. The van der Waals surface area contributed by atoms with Crippen LogP contribution in [0.1, 0.15) is 6.42 Å². The van der Waals surface area contributed by atoms with Crippen molar-refractivity contribution < 1.29 is 17.2 Å². The molecule has 3 N–H and O–H groups in total. The van der Waals surface area contributed by atoms with Crippen molar-refractivity contribution in [1.82, 2.24) is 4.72 Å². The molecule has 19 heavy (non-hydrogen) atoms. The summed E-state index contributed by atoms with van der Waals surface area (Å²) < 4.78 is 52.9. The van der Waals surface area contributed by atoms with Gasteiger partial charge in [-0.25, -0.2) is 21.9 Å². The number of halogens is 2. The maximum absolute atomic E-state index is 13.7. The molecule has 1 aromatic carbocycles. The predicted octanol–water partition coefficient (Wildman–Crippen LogP) is 1.58. The fourth-order valence-corrected chi connectivity index (χ4v) is 4.29. The predicted molar refractivity (Wildman–Crippen MR) is 71.4 cm³/mol. The van der Waals surface area contributed by atoms with Crippen LogP contribution in [0.4, 0.5) is 14.5 Å². The van der Waals surface area contributed by atoms with Gasteiger partial charge in [-0.1, -0.05) is 0 Å². The maximum Gasteiger partial charge on any atom is 0.243 e. The van der Waals surface area contributed by atoms with Gasteiger partial charge < -0.3 is 5.73 Å². The summed E-state index contributed by atoms with van der Waals surface area (Å²) in [5.74, 6) is -0.0709. The van der Waals surface area contributed by atoms with Gasteiger partial charge in [0, 0.05) is 6.54 Å². The number of sulfonamides is 1. The Labute approximate surface area is 114 Å². The number of nitrogens with two attached hydrogens (primary N) is 1. The second-order valence-corrected chi connectivity index (χ2v) is 7.24. The molecule has 2 rings (SSSR count). The van der Waals surface area contributed by atoms with E-state index in [1.807, 2.05) is 0 Å². The van der Waals surface area contributed by atoms with Crippen molar-refractivity contribution in [3.8, 4) is 0 Å². The lowest BCUT2D eigenvalue weighted by Crippen LogP contribution is -2.30. The normalized spacial score (nSPS) is 19.8. The van der Waals surface area contributed by atoms with Gasteiger partial charge in [0.25, 0.3) is 0 Å². The molecule has 0 amide bonds. The summed E-state index contributed by atoms with van der Waals surface area (Å²) in [7, 11) is -4.00. The summed E-state index contributed by atoms with van der Waals surface area (Å²) in [5.41, 5.74) is 4.37. The van der Waals surface area contributed by atoms with Gasteiger partial charge in [-0.05, 0) is 36.0 Å². The Kier molecular flexibility index (Phi) is 4.32. The van der Waals surface area contributed by atoms with Gasteiger partial charge >= 0.3 is 0 Å². The van der Waals surface area contributed by atoms with Gasteiger partial charge in [-0.3, -0.25) is 0 Å². The zero-order valence-corrected chi connectivity index (χ0v) is 11.7. The highest BCUT2D eigenvalue weighted by Crippen LogP contribution is 2.25. The standard InChI is InChI=1S/C11H14F2N2O2S2/c12-8-1-2-9(10(13)11(8)14)19(16,17)15-5-7-3-4-18-6-7/h1-2,7,15H,3-6,14H2. The molecule has 0 radical (unpaired) electrons. The highest BCUT2D eigenvalue weighted by Gasteiger charge is 2.24. The average molecular weight is 308 g/mol. The van der Waals surface area contributed by atoms with Crippen LogP contribution in [-0.4, -0.2) is 26.5 Å². The molecule has 1 fully saturated rings. The molecule has 1 aliphatic heterocycles. The molecule has 0 saturated carbocycles. The molecule has 106 valence electrons. The van der Waals surface area contributed by atoms with Crippen LogP contribution in [0.15, 0.2) is 17.0 Å². The number of nitrogens with one attached hydrogen (secondary N) is 1. The van der Waals surface area contributed by atoms with Crippen LogP contribution >= 0.6 is 11.8 Å². The molecule has 1 atom stereocenters. The van der Waals surface area contributed by atoms with Gasteiger partial charge in [0.05, 0.1) is 0 Å². The van der Waals surface area contributed by atoms with Crippen LogP contribution < -0.4 is 10.5 Å². The van der Waals surface area contributed by atoms with Crippen molar-refractivity contribution in [3.05, 3.63) is 23.8 Å². The lowest BCUT2D eigenvalue weighted by Gasteiger charge is -2.12. The summed E-state index contributed by atoms with van der Waals surface area (Å²) in [5, 5.41) is 0. The Bertz CT molecular complexity index is 572. The highest BCUT2D eigenvalue weighted by molar-refractivity contribution is 7.99. The zero-order valence-electron chi connectivity index (χ0n) is 10.0. The molecule has 8 heteroatoms. The van der Waals surface area contributed by atoms with E-state index in [0.717, 1.165) is 30.1 Å². The van der Waals surface area contributed by atoms with Crippen LogP contribution in [0.3, 0.4) is 0 Å². The fourth-order valence-electron chi connectivity index (χ4n) is 1.81. The third-order valence-corrected chi connectivity index (χ3v) is 5.64. The molecule has 1 heterocycles. The largest absolute Gasteiger partial charge is 0.394 e. The topological polar surface area (TPSA) is 72.2 Å². The molecule has 0 bridgehead atoms. The minimum absolute atomic E-state index is 0.251. The SMILES string of the molecule is Nc1c(F)ccc(S(=O)(=O)NCC2CCSC2)c1F. The van der Waals surface area contributed by atoms with Crippen LogP contribution in [0, 0.1) is 17.6 Å². The first-order chi connectivity index (χ1) is 8.92. The van der Waals surface area contributed by atoms with Crippen LogP contribution in [0.5, 0.6) is 0 Å². The first-order valence-electron chi connectivity index (χ1n) is 5.72. The number of hydrogen-bond acceptors (Lipinski definition) is 4. The number of benzene rings is 1. The summed E-state index contributed by atoms with van der Waals surface area (Å²) in [6.45, 7) is 0.256. The Morgan fingerprint density at radius 3 is 2.79 bits per heavy atom. The molecule has 1 unspecified atom stereocenters. The number of anilines is 1. The van der Waals surface area contributed by atoms with Gasteiger partial charge in [-0.15, -0.1) is 0 Å². The van der Waals surface area contributed by atoms with E-state index in [0.29, 0.717) is 0 Å². The molecule has 0 aromatic heterocycles. The van der Waals surface area contributed by atoms with Crippen molar-refractivity contribution in [3.63, 3.8) is 0 Å². The van der Waals surface area contributed by atoms with Crippen molar-refractivity contribution in [2.75, 3.05) is 23.8 Å². The number of rotatable bonds is 4. The Morgan fingerprint density at radius 1 is 1.42 bits per heavy atom. The van der Waals surface area contributed by atoms with Crippen LogP contribution in [-0.2, 0) is 10.0 Å². The van der Waals surface area contributed by atoms with E-state index in [2.05, 4.69) is 4.72 Å². The second-order valence-electron chi connectivity index (χ2n) is 4.35. The highest BCUT2D eigenvalue weighted by atomic mass is 32.2. The zero-order chi connectivity index (χ0) is 14.0. The Balaban J connectivity index is 2.17. The third-order valence-electron chi connectivity index (χ3n) is 2.97. The Morgan fingerprint density at radius 2 is 2.16 bits per heavy atom. The average Bonchev–Trinajstić information content (AvgIpc) is 2.86. The maximum atomic E-state index is 13.7. The molecule has 1 saturated heterocycles. The van der Waals surface area contributed by atoms with Crippen molar-refractivity contribution in [1.29, 1.82) is 0 Å². The minimum Gasteiger partial charge on any atom is -0.394 e. The molecular formula is C11H14F2N2O2S2. The van der Waals surface area contributed by atoms with E-state index in [4.69, 9.17) is 5.73 Å². The lowest BCUT2D eigenvalue weighted by atomic mass is 10.1. The number of hydrogen-bond donors (Lipinski definition) is 2. The summed E-state index contributed by atoms with van der Waals surface area (Å²) >= 11 is 1.76. The molecule has 4 nitrogen and oxygen atoms in total. The summed E-state index contributed by atoms with van der Waals surface area (Å²) in [6.07, 6.45) is 0.932. The smallest absolute Gasteiger partial charge is 0.243 e. The van der Waals surface area contributed by atoms with Crippen molar-refractivity contribution in [2.45, 2.75) is 11.3 Å². The van der Waals surface area contributed by atoms with E-state index in [-0.39, 0.29) is 12.5 Å². The van der Waals surface area contributed by atoms with Gasteiger partial charge in [-0.2, -0.15) is 11.8 Å². The van der Waals surface area contributed by atoms with E-state index >= 15 is 0 Å².